The molecule has 29 heavy (non-hydrogen) atoms. The van der Waals surface area contributed by atoms with Crippen molar-refractivity contribution in [3.8, 4) is 0 Å². The number of halogens is 2. The number of rotatable bonds is 3. The van der Waals surface area contributed by atoms with E-state index in [2.05, 4.69) is 0 Å². The standard InChI is InChI=1S/C20H19Cl2N3O3S/c1-23-18-5-3-2-4-14(18)12-19(23)20(26)24-8-10-25(11-9-24)29(27,28)15-6-7-16(21)17(22)13-15/h2-7,12-13H,8-11H2,1H3. The Balaban J connectivity index is 1.50. The number of piperazine rings is 1. The SMILES string of the molecule is Cn1c(C(=O)N2CCN(S(=O)(=O)c3ccc(Cl)c(Cl)c3)CC2)cc2ccccc21. The van der Waals surface area contributed by atoms with E-state index in [1.54, 1.807) is 4.90 Å². The Kier molecular flexibility index (Phi) is 5.33. The third-order valence-electron chi connectivity index (χ3n) is 5.23. The highest BCUT2D eigenvalue weighted by Gasteiger charge is 2.31. The predicted molar refractivity (Wildman–Crippen MR) is 114 cm³/mol. The average Bonchev–Trinajstić information content (AvgIpc) is 3.06. The van der Waals surface area contributed by atoms with Crippen molar-refractivity contribution in [3.63, 3.8) is 0 Å². The molecule has 1 aliphatic rings. The molecule has 1 amide bonds. The molecule has 0 saturated carbocycles. The molecular formula is C20H19Cl2N3O3S. The molecule has 1 aromatic heterocycles. The number of hydrogen-bond acceptors (Lipinski definition) is 3. The van der Waals surface area contributed by atoms with Crippen LogP contribution in [0.3, 0.4) is 0 Å². The van der Waals surface area contributed by atoms with Gasteiger partial charge in [-0.3, -0.25) is 4.79 Å². The first-order valence-electron chi connectivity index (χ1n) is 9.08. The van der Waals surface area contributed by atoms with Crippen LogP contribution in [-0.2, 0) is 17.1 Å². The monoisotopic (exact) mass is 451 g/mol. The van der Waals surface area contributed by atoms with Gasteiger partial charge in [-0.05, 0) is 30.3 Å². The zero-order valence-corrected chi connectivity index (χ0v) is 18.0. The number of nitrogens with zero attached hydrogens (tertiary/aromatic N) is 3. The van der Waals surface area contributed by atoms with E-state index < -0.39 is 10.0 Å². The van der Waals surface area contributed by atoms with Crippen LogP contribution < -0.4 is 0 Å². The number of carbonyl (C=O) groups excluding carboxylic acids is 1. The highest BCUT2D eigenvalue weighted by Crippen LogP contribution is 2.27. The van der Waals surface area contributed by atoms with E-state index in [1.165, 1.54) is 22.5 Å². The van der Waals surface area contributed by atoms with Crippen LogP contribution in [0, 0.1) is 0 Å². The number of aromatic nitrogens is 1. The van der Waals surface area contributed by atoms with Gasteiger partial charge in [-0.2, -0.15) is 4.31 Å². The zero-order chi connectivity index (χ0) is 20.8. The molecule has 0 N–H and O–H groups in total. The normalized spacial score (nSPS) is 15.8. The molecular weight excluding hydrogens is 433 g/mol. The van der Waals surface area contributed by atoms with Gasteiger partial charge in [0, 0.05) is 44.1 Å². The number of benzene rings is 2. The quantitative estimate of drug-likeness (QED) is 0.610. The summed E-state index contributed by atoms with van der Waals surface area (Å²) in [4.78, 5) is 14.8. The van der Waals surface area contributed by atoms with Gasteiger partial charge in [0.25, 0.3) is 5.91 Å². The molecule has 152 valence electrons. The lowest BCUT2D eigenvalue weighted by molar-refractivity contribution is 0.0689. The van der Waals surface area contributed by atoms with Gasteiger partial charge in [-0.25, -0.2) is 8.42 Å². The van der Waals surface area contributed by atoms with Crippen molar-refractivity contribution in [1.82, 2.24) is 13.8 Å². The van der Waals surface area contributed by atoms with E-state index >= 15 is 0 Å². The molecule has 3 aromatic rings. The van der Waals surface area contributed by atoms with Crippen molar-refractivity contribution >= 4 is 50.0 Å². The number of carbonyl (C=O) groups is 1. The van der Waals surface area contributed by atoms with Crippen LogP contribution in [0.1, 0.15) is 10.5 Å². The molecule has 1 aliphatic heterocycles. The average molecular weight is 452 g/mol. The smallest absolute Gasteiger partial charge is 0.270 e. The molecule has 2 aromatic carbocycles. The van der Waals surface area contributed by atoms with Crippen LogP contribution in [0.15, 0.2) is 53.4 Å². The van der Waals surface area contributed by atoms with Gasteiger partial charge < -0.3 is 9.47 Å². The molecule has 0 spiro atoms. The molecule has 0 unspecified atom stereocenters. The first kappa shape index (κ1) is 20.2. The summed E-state index contributed by atoms with van der Waals surface area (Å²) in [5.74, 6) is -0.102. The largest absolute Gasteiger partial charge is 0.340 e. The van der Waals surface area contributed by atoms with Crippen molar-refractivity contribution in [2.75, 3.05) is 26.2 Å². The molecule has 0 bridgehead atoms. The fourth-order valence-corrected chi connectivity index (χ4v) is 5.39. The van der Waals surface area contributed by atoms with Crippen molar-refractivity contribution in [2.45, 2.75) is 4.90 Å². The van der Waals surface area contributed by atoms with Crippen molar-refractivity contribution in [2.24, 2.45) is 7.05 Å². The summed E-state index contributed by atoms with van der Waals surface area (Å²) < 4.78 is 29.0. The predicted octanol–water partition coefficient (Wildman–Crippen LogP) is 3.63. The van der Waals surface area contributed by atoms with Crippen LogP contribution in [0.2, 0.25) is 10.0 Å². The maximum absolute atomic E-state index is 13.0. The van der Waals surface area contributed by atoms with E-state index in [9.17, 15) is 13.2 Å². The summed E-state index contributed by atoms with van der Waals surface area (Å²) in [7, 11) is -1.83. The van der Waals surface area contributed by atoms with Gasteiger partial charge in [0.2, 0.25) is 10.0 Å². The fourth-order valence-electron chi connectivity index (χ4n) is 3.57. The van der Waals surface area contributed by atoms with Gasteiger partial charge >= 0.3 is 0 Å². The van der Waals surface area contributed by atoms with Crippen LogP contribution in [-0.4, -0.2) is 54.3 Å². The van der Waals surface area contributed by atoms with Crippen LogP contribution in [0.4, 0.5) is 0 Å². The van der Waals surface area contributed by atoms with Gasteiger partial charge in [0.1, 0.15) is 5.69 Å². The number of para-hydroxylation sites is 1. The Hall–Kier alpha value is -2.06. The van der Waals surface area contributed by atoms with E-state index in [4.69, 9.17) is 23.2 Å². The fraction of sp³-hybridized carbons (Fsp3) is 0.250. The van der Waals surface area contributed by atoms with Crippen molar-refractivity contribution in [1.29, 1.82) is 0 Å². The Morgan fingerprint density at radius 2 is 1.62 bits per heavy atom. The minimum absolute atomic E-state index is 0.0976. The first-order valence-corrected chi connectivity index (χ1v) is 11.3. The summed E-state index contributed by atoms with van der Waals surface area (Å²) in [5.41, 5.74) is 1.57. The molecule has 2 heterocycles. The number of aryl methyl sites for hydroxylation is 1. The lowest BCUT2D eigenvalue weighted by Crippen LogP contribution is -2.50. The number of sulfonamides is 1. The number of fused-ring (bicyclic) bond motifs is 1. The van der Waals surface area contributed by atoms with E-state index in [0.29, 0.717) is 23.8 Å². The maximum atomic E-state index is 13.0. The topological polar surface area (TPSA) is 62.6 Å². The first-order chi connectivity index (χ1) is 13.8. The molecule has 1 fully saturated rings. The Morgan fingerprint density at radius 1 is 0.931 bits per heavy atom. The molecule has 1 saturated heterocycles. The third-order valence-corrected chi connectivity index (χ3v) is 7.86. The van der Waals surface area contributed by atoms with E-state index in [-0.39, 0.29) is 28.9 Å². The van der Waals surface area contributed by atoms with Gasteiger partial charge in [-0.15, -0.1) is 0 Å². The summed E-state index contributed by atoms with van der Waals surface area (Å²) in [6.45, 7) is 1.08. The third kappa shape index (κ3) is 3.64. The van der Waals surface area contributed by atoms with Crippen molar-refractivity contribution < 1.29 is 13.2 Å². The molecule has 6 nitrogen and oxygen atoms in total. The second kappa shape index (κ2) is 7.65. The Labute approximate surface area is 179 Å². The Morgan fingerprint density at radius 3 is 2.28 bits per heavy atom. The lowest BCUT2D eigenvalue weighted by Gasteiger charge is -2.34. The van der Waals surface area contributed by atoms with Crippen LogP contribution in [0.5, 0.6) is 0 Å². The summed E-state index contributed by atoms with van der Waals surface area (Å²) in [6, 6.07) is 13.9. The van der Waals surface area contributed by atoms with Crippen LogP contribution >= 0.6 is 23.2 Å². The summed E-state index contributed by atoms with van der Waals surface area (Å²) in [5, 5.41) is 1.49. The molecule has 0 radical (unpaired) electrons. The second-order valence-electron chi connectivity index (χ2n) is 6.92. The summed E-state index contributed by atoms with van der Waals surface area (Å²) >= 11 is 11.9. The molecule has 0 atom stereocenters. The summed E-state index contributed by atoms with van der Waals surface area (Å²) in [6.07, 6.45) is 0. The zero-order valence-electron chi connectivity index (χ0n) is 15.7. The van der Waals surface area contributed by atoms with Gasteiger partial charge in [0.15, 0.2) is 0 Å². The minimum atomic E-state index is -3.70. The Bertz CT molecular complexity index is 1200. The van der Waals surface area contributed by atoms with E-state index in [0.717, 1.165) is 10.9 Å². The van der Waals surface area contributed by atoms with Crippen molar-refractivity contribution in [3.05, 3.63) is 64.3 Å². The highest BCUT2D eigenvalue weighted by atomic mass is 35.5. The highest BCUT2D eigenvalue weighted by molar-refractivity contribution is 7.89. The maximum Gasteiger partial charge on any atom is 0.270 e. The van der Waals surface area contributed by atoms with Gasteiger partial charge in [-0.1, -0.05) is 41.4 Å². The molecule has 0 aliphatic carbocycles. The second-order valence-corrected chi connectivity index (χ2v) is 9.67. The molecule has 9 heteroatoms. The lowest BCUT2D eigenvalue weighted by atomic mass is 10.2. The number of amides is 1. The molecule has 4 rings (SSSR count). The van der Waals surface area contributed by atoms with Gasteiger partial charge in [0.05, 0.1) is 14.9 Å². The minimum Gasteiger partial charge on any atom is -0.340 e. The van der Waals surface area contributed by atoms with Crippen LogP contribution in [0.25, 0.3) is 10.9 Å². The van der Waals surface area contributed by atoms with E-state index in [1.807, 2.05) is 41.9 Å². The number of hydrogen-bond donors (Lipinski definition) is 0.